The lowest BCUT2D eigenvalue weighted by atomic mass is 9.87. The summed E-state index contributed by atoms with van der Waals surface area (Å²) in [5.41, 5.74) is -0.566. The highest BCUT2D eigenvalue weighted by molar-refractivity contribution is 6.18. The number of amides is 1. The van der Waals surface area contributed by atoms with Gasteiger partial charge in [-0.15, -0.1) is 11.6 Å². The SMILES string of the molecule is CCC(C)(C)C(=O)N(C)C(C)(C)CCl. The van der Waals surface area contributed by atoms with Gasteiger partial charge in [0, 0.05) is 18.3 Å². The van der Waals surface area contributed by atoms with E-state index in [0.717, 1.165) is 6.42 Å². The number of carbonyl (C=O) groups excluding carboxylic acids is 1. The monoisotopic (exact) mass is 219 g/mol. The second-order valence-corrected chi connectivity index (χ2v) is 5.31. The molecule has 0 rings (SSSR count). The van der Waals surface area contributed by atoms with E-state index >= 15 is 0 Å². The van der Waals surface area contributed by atoms with Crippen molar-refractivity contribution in [1.82, 2.24) is 4.90 Å². The van der Waals surface area contributed by atoms with E-state index in [1.54, 1.807) is 4.90 Å². The zero-order chi connectivity index (χ0) is 11.6. The molecule has 0 aliphatic carbocycles. The zero-order valence-corrected chi connectivity index (χ0v) is 10.9. The summed E-state index contributed by atoms with van der Waals surface area (Å²) in [6.45, 7) is 9.92. The van der Waals surface area contributed by atoms with Crippen molar-refractivity contribution in [1.29, 1.82) is 0 Å². The van der Waals surface area contributed by atoms with Crippen LogP contribution in [0.1, 0.15) is 41.0 Å². The van der Waals surface area contributed by atoms with Crippen molar-refractivity contribution in [3.05, 3.63) is 0 Å². The van der Waals surface area contributed by atoms with Crippen molar-refractivity contribution >= 4 is 17.5 Å². The van der Waals surface area contributed by atoms with Crippen LogP contribution in [0.3, 0.4) is 0 Å². The van der Waals surface area contributed by atoms with Gasteiger partial charge in [-0.1, -0.05) is 20.8 Å². The number of alkyl halides is 1. The third-order valence-corrected chi connectivity index (χ3v) is 3.66. The molecular formula is C11H22ClNO. The molecule has 2 nitrogen and oxygen atoms in total. The Morgan fingerprint density at radius 3 is 2.00 bits per heavy atom. The third-order valence-electron chi connectivity index (χ3n) is 3.00. The minimum atomic E-state index is -0.294. The Kier molecular flexibility index (Phi) is 4.44. The molecule has 1 amide bonds. The molecule has 0 saturated carbocycles. The molecule has 0 aromatic heterocycles. The van der Waals surface area contributed by atoms with Crippen molar-refractivity contribution in [3.8, 4) is 0 Å². The molecule has 3 heteroatoms. The van der Waals surface area contributed by atoms with E-state index in [-0.39, 0.29) is 16.9 Å². The number of carbonyl (C=O) groups is 1. The highest BCUT2D eigenvalue weighted by Crippen LogP contribution is 2.26. The van der Waals surface area contributed by atoms with Gasteiger partial charge in [-0.05, 0) is 20.3 Å². The van der Waals surface area contributed by atoms with Crippen LogP contribution in [0.4, 0.5) is 0 Å². The highest BCUT2D eigenvalue weighted by Gasteiger charge is 2.35. The average molecular weight is 220 g/mol. The first-order valence-electron chi connectivity index (χ1n) is 5.03. The van der Waals surface area contributed by atoms with Gasteiger partial charge in [0.15, 0.2) is 0 Å². The van der Waals surface area contributed by atoms with Crippen molar-refractivity contribution < 1.29 is 4.79 Å². The van der Waals surface area contributed by atoms with Gasteiger partial charge in [0.05, 0.1) is 5.54 Å². The lowest BCUT2D eigenvalue weighted by Crippen LogP contribution is -2.51. The summed E-state index contributed by atoms with van der Waals surface area (Å²) >= 11 is 5.83. The molecule has 0 atom stereocenters. The molecule has 0 unspecified atom stereocenters. The van der Waals surface area contributed by atoms with Gasteiger partial charge in [-0.2, -0.15) is 0 Å². The van der Waals surface area contributed by atoms with Crippen molar-refractivity contribution in [2.75, 3.05) is 12.9 Å². The Bertz CT molecular complexity index is 211. The summed E-state index contributed by atoms with van der Waals surface area (Å²) in [6.07, 6.45) is 0.842. The fraction of sp³-hybridized carbons (Fsp3) is 0.909. The molecule has 14 heavy (non-hydrogen) atoms. The Hall–Kier alpha value is -0.240. The van der Waals surface area contributed by atoms with Crippen molar-refractivity contribution in [2.24, 2.45) is 5.41 Å². The molecule has 0 aromatic carbocycles. The Labute approximate surface area is 92.6 Å². The fourth-order valence-electron chi connectivity index (χ4n) is 0.970. The number of halogens is 1. The highest BCUT2D eigenvalue weighted by atomic mass is 35.5. The van der Waals surface area contributed by atoms with E-state index in [9.17, 15) is 4.79 Å². The van der Waals surface area contributed by atoms with Crippen LogP contribution in [0.2, 0.25) is 0 Å². The molecule has 0 saturated heterocycles. The largest absolute Gasteiger partial charge is 0.339 e. The first-order valence-corrected chi connectivity index (χ1v) is 5.56. The minimum absolute atomic E-state index is 0.158. The Morgan fingerprint density at radius 2 is 1.71 bits per heavy atom. The first kappa shape index (κ1) is 13.8. The van der Waals surface area contributed by atoms with E-state index in [4.69, 9.17) is 11.6 Å². The van der Waals surface area contributed by atoms with Gasteiger partial charge in [0.2, 0.25) is 5.91 Å². The van der Waals surface area contributed by atoms with E-state index in [2.05, 4.69) is 0 Å². The van der Waals surface area contributed by atoms with Crippen molar-refractivity contribution in [2.45, 2.75) is 46.6 Å². The standard InChI is InChI=1S/C11H22ClNO/c1-7-10(2,3)9(14)13(6)11(4,5)8-12/h7-8H2,1-6H3. The van der Waals surface area contributed by atoms with Crippen LogP contribution in [0, 0.1) is 5.41 Å². The summed E-state index contributed by atoms with van der Waals surface area (Å²) in [5, 5.41) is 0. The van der Waals surface area contributed by atoms with Crippen molar-refractivity contribution in [3.63, 3.8) is 0 Å². The van der Waals surface area contributed by atoms with E-state index in [1.807, 2.05) is 41.7 Å². The molecule has 0 radical (unpaired) electrons. The molecule has 0 aliphatic rings. The zero-order valence-electron chi connectivity index (χ0n) is 10.1. The quantitative estimate of drug-likeness (QED) is 0.666. The van der Waals surface area contributed by atoms with Gasteiger partial charge < -0.3 is 4.90 Å². The molecule has 0 heterocycles. The number of hydrogen-bond donors (Lipinski definition) is 0. The van der Waals surface area contributed by atoms with E-state index in [1.165, 1.54) is 0 Å². The van der Waals surface area contributed by atoms with Crippen LogP contribution in [0.15, 0.2) is 0 Å². The smallest absolute Gasteiger partial charge is 0.228 e. The summed E-state index contributed by atoms with van der Waals surface area (Å²) < 4.78 is 0. The molecule has 0 aromatic rings. The van der Waals surface area contributed by atoms with Crippen LogP contribution >= 0.6 is 11.6 Å². The molecule has 84 valence electrons. The first-order chi connectivity index (χ1) is 6.19. The van der Waals surface area contributed by atoms with Crippen LogP contribution in [-0.4, -0.2) is 29.3 Å². The fourth-order valence-corrected chi connectivity index (χ4v) is 1.15. The van der Waals surface area contributed by atoms with Crippen LogP contribution < -0.4 is 0 Å². The Morgan fingerprint density at radius 1 is 1.29 bits per heavy atom. The molecule has 0 spiro atoms. The van der Waals surface area contributed by atoms with Gasteiger partial charge >= 0.3 is 0 Å². The molecule has 0 fully saturated rings. The predicted octanol–water partition coefficient (Wildman–Crippen LogP) is 2.90. The van der Waals surface area contributed by atoms with Crippen LogP contribution in [0.25, 0.3) is 0 Å². The number of rotatable bonds is 4. The average Bonchev–Trinajstić information content (AvgIpc) is 2.15. The second-order valence-electron chi connectivity index (χ2n) is 5.05. The minimum Gasteiger partial charge on any atom is -0.339 e. The van der Waals surface area contributed by atoms with Crippen LogP contribution in [0.5, 0.6) is 0 Å². The maximum absolute atomic E-state index is 12.1. The van der Waals surface area contributed by atoms with Gasteiger partial charge in [0.25, 0.3) is 0 Å². The van der Waals surface area contributed by atoms with E-state index in [0.29, 0.717) is 5.88 Å². The topological polar surface area (TPSA) is 20.3 Å². The van der Waals surface area contributed by atoms with Crippen LogP contribution in [-0.2, 0) is 4.79 Å². The molecule has 0 N–H and O–H groups in total. The lowest BCUT2D eigenvalue weighted by molar-refractivity contribution is -0.143. The maximum atomic E-state index is 12.1. The van der Waals surface area contributed by atoms with Gasteiger partial charge in [0.1, 0.15) is 0 Å². The van der Waals surface area contributed by atoms with Gasteiger partial charge in [-0.3, -0.25) is 4.79 Å². The Balaban J connectivity index is 4.71. The summed E-state index contributed by atoms with van der Waals surface area (Å²) in [4.78, 5) is 13.8. The lowest BCUT2D eigenvalue weighted by Gasteiger charge is -2.38. The molecule has 0 bridgehead atoms. The maximum Gasteiger partial charge on any atom is 0.228 e. The second kappa shape index (κ2) is 4.52. The third kappa shape index (κ3) is 2.88. The molecular weight excluding hydrogens is 198 g/mol. The summed E-state index contributed by atoms with van der Waals surface area (Å²) in [7, 11) is 1.82. The predicted molar refractivity (Wildman–Crippen MR) is 61.6 cm³/mol. The normalized spacial score (nSPS) is 12.8. The molecule has 0 aliphatic heterocycles. The summed E-state index contributed by atoms with van der Waals surface area (Å²) in [5.74, 6) is 0.611. The summed E-state index contributed by atoms with van der Waals surface area (Å²) in [6, 6.07) is 0. The number of nitrogens with zero attached hydrogens (tertiary/aromatic N) is 1. The number of hydrogen-bond acceptors (Lipinski definition) is 1. The van der Waals surface area contributed by atoms with E-state index < -0.39 is 0 Å². The van der Waals surface area contributed by atoms with Gasteiger partial charge in [-0.25, -0.2) is 0 Å².